The molecule has 0 aliphatic rings. The number of methoxy groups -OCH3 is 2. The Labute approximate surface area is 122 Å². The van der Waals surface area contributed by atoms with Crippen LogP contribution in [0.1, 0.15) is 5.56 Å². The lowest BCUT2D eigenvalue weighted by Crippen LogP contribution is -1.97. The summed E-state index contributed by atoms with van der Waals surface area (Å²) in [6.45, 7) is 1.97. The first kappa shape index (κ1) is 13.3. The van der Waals surface area contributed by atoms with Crippen molar-refractivity contribution in [2.45, 2.75) is 6.92 Å². The van der Waals surface area contributed by atoms with E-state index in [1.807, 2.05) is 37.3 Å². The van der Waals surface area contributed by atoms with Crippen molar-refractivity contribution in [1.29, 1.82) is 0 Å². The highest BCUT2D eigenvalue weighted by molar-refractivity contribution is 5.82. The van der Waals surface area contributed by atoms with Gasteiger partial charge in [-0.3, -0.25) is 0 Å². The lowest BCUT2D eigenvalue weighted by molar-refractivity contribution is 0.202. The molecule has 1 aromatic heterocycles. The van der Waals surface area contributed by atoms with E-state index >= 15 is 0 Å². The van der Waals surface area contributed by atoms with Gasteiger partial charge in [0.2, 0.25) is 0 Å². The van der Waals surface area contributed by atoms with E-state index in [0.29, 0.717) is 28.4 Å². The maximum Gasteiger partial charge on any atom is 0.180 e. The number of hydrogen-bond acceptors (Lipinski definition) is 4. The van der Waals surface area contributed by atoms with Gasteiger partial charge in [0.15, 0.2) is 5.82 Å². The Morgan fingerprint density at radius 2 is 1.86 bits per heavy atom. The number of rotatable bonds is 3. The Balaban J connectivity index is 2.23. The molecule has 0 saturated carbocycles. The molecule has 5 nitrogen and oxygen atoms in total. The molecule has 3 aromatic rings. The summed E-state index contributed by atoms with van der Waals surface area (Å²) in [5.74, 6) is 1.72. The summed E-state index contributed by atoms with van der Waals surface area (Å²) in [4.78, 5) is 4.48. The maximum absolute atomic E-state index is 10.4. The Morgan fingerprint density at radius 3 is 2.57 bits per heavy atom. The first-order chi connectivity index (χ1) is 10.1. The van der Waals surface area contributed by atoms with Crippen LogP contribution >= 0.6 is 0 Å². The van der Waals surface area contributed by atoms with Crippen LogP contribution in [0.3, 0.4) is 0 Å². The van der Waals surface area contributed by atoms with E-state index in [1.54, 1.807) is 20.3 Å². The minimum atomic E-state index is 0.440. The number of imidazole rings is 1. The molecule has 0 atom stereocenters. The number of nitrogens with zero attached hydrogens (tertiary/aromatic N) is 2. The van der Waals surface area contributed by atoms with Gasteiger partial charge in [-0.15, -0.1) is 0 Å². The normalized spacial score (nSPS) is 10.8. The number of benzene rings is 2. The highest BCUT2D eigenvalue weighted by atomic mass is 16.5. The van der Waals surface area contributed by atoms with Crippen molar-refractivity contribution in [3.63, 3.8) is 0 Å². The van der Waals surface area contributed by atoms with Gasteiger partial charge in [0.05, 0.1) is 25.3 Å². The number of ether oxygens (including phenoxy) is 2. The molecule has 5 heteroatoms. The van der Waals surface area contributed by atoms with E-state index in [1.165, 1.54) is 0 Å². The molecule has 3 rings (SSSR count). The average Bonchev–Trinajstić information content (AvgIpc) is 2.83. The lowest BCUT2D eigenvalue weighted by atomic mass is 10.2. The molecule has 0 unspecified atom stereocenters. The largest absolute Gasteiger partial charge is 0.497 e. The van der Waals surface area contributed by atoms with Gasteiger partial charge in [0.1, 0.15) is 17.0 Å². The topological polar surface area (TPSA) is 56.5 Å². The van der Waals surface area contributed by atoms with Crippen LogP contribution in [-0.4, -0.2) is 29.1 Å². The Morgan fingerprint density at radius 1 is 1.05 bits per heavy atom. The second-order valence-corrected chi connectivity index (χ2v) is 4.81. The molecule has 0 spiro atoms. The SMILES string of the molecule is COc1ccc(-c2nc3ccc(C)cc3n2O)c(OC)c1. The van der Waals surface area contributed by atoms with Crippen molar-refractivity contribution in [3.05, 3.63) is 42.0 Å². The molecule has 0 aliphatic heterocycles. The fourth-order valence-corrected chi connectivity index (χ4v) is 2.33. The standard InChI is InChI=1S/C16H16N2O3/c1-10-4-7-13-14(8-10)18(19)16(17-13)12-6-5-11(20-2)9-15(12)21-3/h4-9,19H,1-3H3. The Hall–Kier alpha value is -2.69. The smallest absolute Gasteiger partial charge is 0.180 e. The molecule has 0 radical (unpaired) electrons. The molecule has 1 N–H and O–H groups in total. The van der Waals surface area contributed by atoms with E-state index in [0.717, 1.165) is 15.8 Å². The molecule has 2 aromatic carbocycles. The van der Waals surface area contributed by atoms with Crippen molar-refractivity contribution in [1.82, 2.24) is 9.71 Å². The van der Waals surface area contributed by atoms with Gasteiger partial charge >= 0.3 is 0 Å². The number of hydrogen-bond donors (Lipinski definition) is 1. The summed E-state index contributed by atoms with van der Waals surface area (Å²) < 4.78 is 11.6. The highest BCUT2D eigenvalue weighted by Gasteiger charge is 2.16. The molecule has 0 aliphatic carbocycles. The lowest BCUT2D eigenvalue weighted by Gasteiger charge is -2.09. The first-order valence-corrected chi connectivity index (χ1v) is 6.55. The fourth-order valence-electron chi connectivity index (χ4n) is 2.33. The van der Waals surface area contributed by atoms with Gasteiger partial charge in [0.25, 0.3) is 0 Å². The molecule has 108 valence electrons. The van der Waals surface area contributed by atoms with Crippen molar-refractivity contribution < 1.29 is 14.7 Å². The minimum absolute atomic E-state index is 0.440. The number of aromatic nitrogens is 2. The predicted octanol–water partition coefficient (Wildman–Crippen LogP) is 3.27. The molecule has 1 heterocycles. The third-order valence-corrected chi connectivity index (χ3v) is 3.44. The van der Waals surface area contributed by atoms with Crippen molar-refractivity contribution in [2.24, 2.45) is 0 Å². The van der Waals surface area contributed by atoms with Crippen LogP contribution in [0.5, 0.6) is 11.5 Å². The summed E-state index contributed by atoms with van der Waals surface area (Å²) in [5, 5.41) is 10.4. The van der Waals surface area contributed by atoms with Gasteiger partial charge in [-0.2, -0.15) is 4.73 Å². The zero-order valence-corrected chi connectivity index (χ0v) is 12.1. The third kappa shape index (κ3) is 2.16. The maximum atomic E-state index is 10.4. The van der Waals surface area contributed by atoms with Crippen molar-refractivity contribution in [2.75, 3.05) is 14.2 Å². The predicted molar refractivity (Wildman–Crippen MR) is 80.2 cm³/mol. The van der Waals surface area contributed by atoms with Gasteiger partial charge in [-0.1, -0.05) is 6.07 Å². The van der Waals surface area contributed by atoms with Crippen LogP contribution in [0.2, 0.25) is 0 Å². The van der Waals surface area contributed by atoms with Crippen molar-refractivity contribution >= 4 is 11.0 Å². The van der Waals surface area contributed by atoms with E-state index in [9.17, 15) is 5.21 Å². The van der Waals surface area contributed by atoms with Crippen LogP contribution in [0.25, 0.3) is 22.4 Å². The minimum Gasteiger partial charge on any atom is -0.497 e. The molecular weight excluding hydrogens is 268 g/mol. The number of aryl methyl sites for hydroxylation is 1. The monoisotopic (exact) mass is 284 g/mol. The van der Waals surface area contributed by atoms with Crippen molar-refractivity contribution in [3.8, 4) is 22.9 Å². The quantitative estimate of drug-likeness (QED) is 0.750. The summed E-state index contributed by atoms with van der Waals surface area (Å²) in [6, 6.07) is 11.1. The molecule has 0 bridgehead atoms. The Bertz CT molecular complexity index is 809. The zero-order chi connectivity index (χ0) is 15.0. The molecular formula is C16H16N2O3. The second-order valence-electron chi connectivity index (χ2n) is 4.81. The average molecular weight is 284 g/mol. The van der Waals surface area contributed by atoms with Crippen LogP contribution in [0.15, 0.2) is 36.4 Å². The van der Waals surface area contributed by atoms with E-state index in [4.69, 9.17) is 9.47 Å². The van der Waals surface area contributed by atoms with Crippen LogP contribution in [0, 0.1) is 6.92 Å². The summed E-state index contributed by atoms with van der Waals surface area (Å²) in [7, 11) is 3.17. The summed E-state index contributed by atoms with van der Waals surface area (Å²) >= 11 is 0. The number of fused-ring (bicyclic) bond motifs is 1. The zero-order valence-electron chi connectivity index (χ0n) is 12.1. The first-order valence-electron chi connectivity index (χ1n) is 6.55. The molecule has 0 amide bonds. The van der Waals surface area contributed by atoms with Crippen LogP contribution in [0.4, 0.5) is 0 Å². The molecule has 0 fully saturated rings. The second kappa shape index (κ2) is 5.01. The van der Waals surface area contributed by atoms with E-state index in [2.05, 4.69) is 4.98 Å². The van der Waals surface area contributed by atoms with Gasteiger partial charge < -0.3 is 14.7 Å². The summed E-state index contributed by atoms with van der Waals surface area (Å²) in [6.07, 6.45) is 0. The van der Waals surface area contributed by atoms with E-state index in [-0.39, 0.29) is 0 Å². The summed E-state index contributed by atoms with van der Waals surface area (Å²) in [5.41, 5.74) is 3.17. The third-order valence-electron chi connectivity index (χ3n) is 3.44. The van der Waals surface area contributed by atoms with Gasteiger partial charge in [-0.05, 0) is 36.8 Å². The molecule has 21 heavy (non-hydrogen) atoms. The van der Waals surface area contributed by atoms with Gasteiger partial charge in [0, 0.05) is 6.07 Å². The van der Waals surface area contributed by atoms with Crippen LogP contribution < -0.4 is 9.47 Å². The fraction of sp³-hybridized carbons (Fsp3) is 0.188. The highest BCUT2D eigenvalue weighted by Crippen LogP contribution is 2.34. The Kier molecular flexibility index (Phi) is 3.17. The molecule has 0 saturated heterocycles. The van der Waals surface area contributed by atoms with E-state index < -0.39 is 0 Å². The van der Waals surface area contributed by atoms with Gasteiger partial charge in [-0.25, -0.2) is 4.98 Å². The van der Waals surface area contributed by atoms with Crippen LogP contribution in [-0.2, 0) is 0 Å².